The average Bonchev–Trinajstić information content (AvgIpc) is 2.91. The van der Waals surface area contributed by atoms with Crippen molar-refractivity contribution in [1.82, 2.24) is 4.72 Å². The molecule has 1 spiro atoms. The molecule has 1 saturated heterocycles. The smallest absolute Gasteiger partial charge is 0.240 e. The van der Waals surface area contributed by atoms with Crippen molar-refractivity contribution in [2.75, 3.05) is 13.2 Å². The highest BCUT2D eigenvalue weighted by atomic mass is 32.2. The number of ether oxygens (including phenoxy) is 2. The minimum absolute atomic E-state index is 0.213. The fourth-order valence-corrected chi connectivity index (χ4v) is 4.39. The summed E-state index contributed by atoms with van der Waals surface area (Å²) in [4.78, 5) is 0.298. The number of hydrogen-bond acceptors (Lipinski definition) is 4. The number of nitrogens with one attached hydrogen (secondary N) is 1. The van der Waals surface area contributed by atoms with Gasteiger partial charge in [-0.3, -0.25) is 0 Å². The summed E-state index contributed by atoms with van der Waals surface area (Å²) in [6.45, 7) is 4.58. The fourth-order valence-electron chi connectivity index (χ4n) is 3.24. The molecule has 1 aliphatic carbocycles. The zero-order valence-electron chi connectivity index (χ0n) is 13.8. The van der Waals surface area contributed by atoms with Crippen molar-refractivity contribution < 1.29 is 17.9 Å². The van der Waals surface area contributed by atoms with E-state index in [2.05, 4.69) is 4.72 Å². The molecule has 1 aromatic rings. The zero-order chi connectivity index (χ0) is 16.5. The Bertz CT molecular complexity index is 665. The molecule has 6 heteroatoms. The molecular weight excluding hydrogens is 314 g/mol. The average molecular weight is 339 g/mol. The van der Waals surface area contributed by atoms with Crippen molar-refractivity contribution in [3.05, 3.63) is 29.3 Å². The van der Waals surface area contributed by atoms with Crippen molar-refractivity contribution in [2.45, 2.75) is 62.7 Å². The molecule has 5 nitrogen and oxygen atoms in total. The molecule has 0 bridgehead atoms. The largest absolute Gasteiger partial charge is 0.347 e. The quantitative estimate of drug-likeness (QED) is 0.916. The summed E-state index contributed by atoms with van der Waals surface area (Å²) in [7, 11) is -3.51. The molecule has 0 unspecified atom stereocenters. The van der Waals surface area contributed by atoms with Gasteiger partial charge in [-0.25, -0.2) is 13.1 Å². The highest BCUT2D eigenvalue weighted by Gasteiger charge is 2.42. The van der Waals surface area contributed by atoms with E-state index in [9.17, 15) is 8.42 Å². The maximum Gasteiger partial charge on any atom is 0.240 e. The van der Waals surface area contributed by atoms with Gasteiger partial charge >= 0.3 is 0 Å². The molecule has 0 aromatic heterocycles. The van der Waals surface area contributed by atoms with Crippen molar-refractivity contribution in [3.63, 3.8) is 0 Å². The van der Waals surface area contributed by atoms with Gasteiger partial charge in [-0.15, -0.1) is 0 Å². The SMILES string of the molecule is Cc1ccc(S(=O)(=O)NC[C@H]2COC3(CCCCC3)O2)cc1C. The van der Waals surface area contributed by atoms with Crippen LogP contribution in [0.3, 0.4) is 0 Å². The Morgan fingerprint density at radius 1 is 1.17 bits per heavy atom. The monoisotopic (exact) mass is 339 g/mol. The van der Waals surface area contributed by atoms with E-state index in [1.165, 1.54) is 6.42 Å². The van der Waals surface area contributed by atoms with E-state index in [1.54, 1.807) is 12.1 Å². The minimum Gasteiger partial charge on any atom is -0.347 e. The maximum absolute atomic E-state index is 12.4. The summed E-state index contributed by atoms with van der Waals surface area (Å²) in [6, 6.07) is 5.17. The molecule has 2 aliphatic rings. The summed E-state index contributed by atoms with van der Waals surface area (Å²) in [5.74, 6) is -0.463. The third kappa shape index (κ3) is 3.76. The van der Waals surface area contributed by atoms with Crippen LogP contribution >= 0.6 is 0 Å². The third-order valence-electron chi connectivity index (χ3n) is 4.82. The summed E-state index contributed by atoms with van der Waals surface area (Å²) in [5.41, 5.74) is 2.05. The van der Waals surface area contributed by atoms with Crippen LogP contribution in [0.15, 0.2) is 23.1 Å². The second-order valence-corrected chi connectivity index (χ2v) is 8.39. The van der Waals surface area contributed by atoms with Crippen molar-refractivity contribution >= 4 is 10.0 Å². The summed E-state index contributed by atoms with van der Waals surface area (Å²) in [5, 5.41) is 0. The Hall–Kier alpha value is -0.950. The standard InChI is InChI=1S/C17H25NO4S/c1-13-6-7-16(10-14(13)2)23(19,20)18-11-15-12-21-17(22-15)8-4-3-5-9-17/h6-7,10,15,18H,3-5,8-9,11-12H2,1-2H3/t15-/m0/s1. The van der Waals surface area contributed by atoms with Crippen molar-refractivity contribution in [2.24, 2.45) is 0 Å². The molecule has 1 N–H and O–H groups in total. The topological polar surface area (TPSA) is 64.6 Å². The van der Waals surface area contributed by atoms with Crippen LogP contribution in [0.4, 0.5) is 0 Å². The van der Waals surface area contributed by atoms with Crippen LogP contribution in [0.2, 0.25) is 0 Å². The highest BCUT2D eigenvalue weighted by Crippen LogP contribution is 2.37. The van der Waals surface area contributed by atoms with Gasteiger partial charge in [0.1, 0.15) is 0 Å². The van der Waals surface area contributed by atoms with Crippen molar-refractivity contribution in [1.29, 1.82) is 0 Å². The number of hydrogen-bond donors (Lipinski definition) is 1. The summed E-state index contributed by atoms with van der Waals surface area (Å²) < 4.78 is 39.3. The van der Waals surface area contributed by atoms with Crippen LogP contribution in [0.25, 0.3) is 0 Å². The van der Waals surface area contributed by atoms with Crippen LogP contribution in [0.1, 0.15) is 43.2 Å². The lowest BCUT2D eigenvalue weighted by Crippen LogP contribution is -2.37. The van der Waals surface area contributed by atoms with Crippen LogP contribution < -0.4 is 4.72 Å². The molecule has 1 atom stereocenters. The van der Waals surface area contributed by atoms with Gasteiger partial charge < -0.3 is 9.47 Å². The van der Waals surface area contributed by atoms with E-state index in [4.69, 9.17) is 9.47 Å². The predicted octanol–water partition coefficient (Wildman–Crippen LogP) is 2.66. The van der Waals surface area contributed by atoms with Gasteiger partial charge in [0.25, 0.3) is 0 Å². The second kappa shape index (κ2) is 6.51. The molecule has 1 aromatic carbocycles. The molecule has 1 aliphatic heterocycles. The first-order valence-corrected chi connectivity index (χ1v) is 9.77. The molecule has 0 amide bonds. The second-order valence-electron chi connectivity index (χ2n) is 6.62. The first kappa shape index (κ1) is 16.9. The molecule has 0 radical (unpaired) electrons. The van der Waals surface area contributed by atoms with E-state index in [-0.39, 0.29) is 12.6 Å². The van der Waals surface area contributed by atoms with E-state index in [1.807, 2.05) is 19.9 Å². The number of aryl methyl sites for hydroxylation is 2. The molecule has 2 fully saturated rings. The Morgan fingerprint density at radius 3 is 2.61 bits per heavy atom. The van der Waals surface area contributed by atoms with Crippen molar-refractivity contribution in [3.8, 4) is 0 Å². The Kier molecular flexibility index (Phi) is 4.78. The van der Waals surface area contributed by atoms with E-state index >= 15 is 0 Å². The van der Waals surface area contributed by atoms with E-state index in [0.29, 0.717) is 11.5 Å². The highest BCUT2D eigenvalue weighted by molar-refractivity contribution is 7.89. The van der Waals surface area contributed by atoms with Crippen LogP contribution in [-0.4, -0.2) is 33.5 Å². The van der Waals surface area contributed by atoms with Gasteiger partial charge in [-0.1, -0.05) is 12.5 Å². The number of sulfonamides is 1. The lowest BCUT2D eigenvalue weighted by atomic mass is 9.94. The van der Waals surface area contributed by atoms with E-state index < -0.39 is 15.8 Å². The van der Waals surface area contributed by atoms with Crippen LogP contribution in [0, 0.1) is 13.8 Å². The lowest BCUT2D eigenvalue weighted by Gasteiger charge is -2.31. The Morgan fingerprint density at radius 2 is 1.91 bits per heavy atom. The first-order chi connectivity index (χ1) is 10.9. The van der Waals surface area contributed by atoms with Gasteiger partial charge in [-0.2, -0.15) is 0 Å². The van der Waals surface area contributed by atoms with Crippen LogP contribution in [0.5, 0.6) is 0 Å². The zero-order valence-corrected chi connectivity index (χ0v) is 14.6. The minimum atomic E-state index is -3.51. The van der Waals surface area contributed by atoms with Gasteiger partial charge in [-0.05, 0) is 49.9 Å². The lowest BCUT2D eigenvalue weighted by molar-refractivity contribution is -0.186. The number of benzene rings is 1. The first-order valence-electron chi connectivity index (χ1n) is 8.29. The van der Waals surface area contributed by atoms with Gasteiger partial charge in [0.05, 0.1) is 17.6 Å². The molecule has 3 rings (SSSR count). The fraction of sp³-hybridized carbons (Fsp3) is 0.647. The normalized spacial score (nSPS) is 24.2. The van der Waals surface area contributed by atoms with Gasteiger partial charge in [0.2, 0.25) is 10.0 Å². The molecule has 1 saturated carbocycles. The number of rotatable bonds is 4. The van der Waals surface area contributed by atoms with Crippen LogP contribution in [-0.2, 0) is 19.5 Å². The predicted molar refractivity (Wildman–Crippen MR) is 87.7 cm³/mol. The van der Waals surface area contributed by atoms with Gasteiger partial charge in [0, 0.05) is 19.4 Å². The Balaban J connectivity index is 1.60. The third-order valence-corrected chi connectivity index (χ3v) is 6.24. The van der Waals surface area contributed by atoms with E-state index in [0.717, 1.165) is 36.8 Å². The summed E-state index contributed by atoms with van der Waals surface area (Å²) >= 11 is 0. The maximum atomic E-state index is 12.4. The molecule has 1 heterocycles. The molecular formula is C17H25NO4S. The summed E-state index contributed by atoms with van der Waals surface area (Å²) in [6.07, 6.45) is 5.05. The molecule has 23 heavy (non-hydrogen) atoms. The molecule has 128 valence electrons. The van der Waals surface area contributed by atoms with Gasteiger partial charge in [0.15, 0.2) is 5.79 Å². The Labute approximate surface area is 138 Å².